The summed E-state index contributed by atoms with van der Waals surface area (Å²) in [4.78, 5) is 23.5. The number of carbonyl (C=O) groups is 2. The van der Waals surface area contributed by atoms with Crippen molar-refractivity contribution in [2.75, 3.05) is 11.9 Å². The fraction of sp³-hybridized carbons (Fsp3) is 0.0625. The molecule has 0 aliphatic rings. The van der Waals surface area contributed by atoms with E-state index in [9.17, 15) is 9.59 Å². The third-order valence-corrected chi connectivity index (χ3v) is 3.43. The van der Waals surface area contributed by atoms with E-state index in [1.165, 1.54) is 24.3 Å². The van der Waals surface area contributed by atoms with E-state index in [4.69, 9.17) is 10.00 Å². The molecular weight excluding hydrogens is 395 g/mol. The lowest BCUT2D eigenvalue weighted by Crippen LogP contribution is -2.20. The van der Waals surface area contributed by atoms with Crippen molar-refractivity contribution in [1.29, 1.82) is 5.26 Å². The summed E-state index contributed by atoms with van der Waals surface area (Å²) in [5.41, 5.74) is 1.38. The third kappa shape index (κ3) is 4.56. The molecule has 2 aromatic carbocycles. The van der Waals surface area contributed by atoms with Gasteiger partial charge in [-0.25, -0.2) is 4.79 Å². The molecule has 0 heterocycles. The summed E-state index contributed by atoms with van der Waals surface area (Å²) in [6, 6.07) is 15.2. The molecule has 1 amide bonds. The summed E-state index contributed by atoms with van der Waals surface area (Å²) in [5, 5.41) is 11.3. The molecule has 0 fully saturated rings. The average Bonchev–Trinajstić information content (AvgIpc) is 2.55. The first-order valence-electron chi connectivity index (χ1n) is 6.31. The number of nitrogens with zero attached hydrogens (tertiary/aromatic N) is 1. The zero-order valence-corrected chi connectivity index (χ0v) is 13.5. The van der Waals surface area contributed by atoms with Gasteiger partial charge in [-0.2, -0.15) is 5.26 Å². The average molecular weight is 406 g/mol. The monoisotopic (exact) mass is 406 g/mol. The number of nitrogens with one attached hydrogen (secondary N) is 1. The first-order chi connectivity index (χ1) is 10.6. The van der Waals surface area contributed by atoms with Crippen LogP contribution in [-0.4, -0.2) is 18.5 Å². The second-order valence-corrected chi connectivity index (χ2v) is 5.57. The van der Waals surface area contributed by atoms with Gasteiger partial charge in [0.05, 0.1) is 17.2 Å². The maximum atomic E-state index is 11.8. The molecule has 0 saturated carbocycles. The van der Waals surface area contributed by atoms with Crippen LogP contribution in [0.25, 0.3) is 0 Å². The van der Waals surface area contributed by atoms with Crippen molar-refractivity contribution in [3.63, 3.8) is 0 Å². The topological polar surface area (TPSA) is 79.2 Å². The fourth-order valence-corrected chi connectivity index (χ4v) is 1.99. The number of ether oxygens (including phenoxy) is 1. The maximum absolute atomic E-state index is 11.8. The number of amides is 1. The summed E-state index contributed by atoms with van der Waals surface area (Å²) in [6.07, 6.45) is 0. The zero-order valence-electron chi connectivity index (χ0n) is 11.4. The highest BCUT2D eigenvalue weighted by molar-refractivity contribution is 14.1. The lowest BCUT2D eigenvalue weighted by atomic mass is 10.1. The van der Waals surface area contributed by atoms with E-state index in [0.717, 1.165) is 3.57 Å². The van der Waals surface area contributed by atoms with E-state index in [2.05, 4.69) is 27.9 Å². The number of rotatable bonds is 4. The van der Waals surface area contributed by atoms with E-state index in [0.29, 0.717) is 16.8 Å². The number of nitriles is 1. The molecule has 5 nitrogen and oxygen atoms in total. The maximum Gasteiger partial charge on any atom is 0.338 e. The molecule has 0 bridgehead atoms. The molecule has 0 atom stereocenters. The number of benzene rings is 2. The molecule has 0 aromatic heterocycles. The zero-order chi connectivity index (χ0) is 15.9. The minimum atomic E-state index is -0.609. The van der Waals surface area contributed by atoms with Crippen LogP contribution >= 0.6 is 22.6 Å². The molecule has 0 spiro atoms. The van der Waals surface area contributed by atoms with Crippen LogP contribution in [0.3, 0.4) is 0 Å². The normalized spacial score (nSPS) is 9.64. The largest absolute Gasteiger partial charge is 0.452 e. The minimum absolute atomic E-state index is 0.293. The number of carbonyl (C=O) groups excluding carboxylic acids is 2. The quantitative estimate of drug-likeness (QED) is 0.626. The Morgan fingerprint density at radius 1 is 1.09 bits per heavy atom. The summed E-state index contributed by atoms with van der Waals surface area (Å²) in [5.74, 6) is -1.02. The SMILES string of the molecule is N#Cc1ccc(C(=O)OCC(=O)Nc2ccc(I)cc2)cc1. The molecular formula is C16H11IN2O3. The number of halogens is 1. The lowest BCUT2D eigenvalue weighted by molar-refractivity contribution is -0.119. The van der Waals surface area contributed by atoms with Crippen molar-refractivity contribution in [3.05, 3.63) is 63.2 Å². The van der Waals surface area contributed by atoms with Crippen LogP contribution < -0.4 is 5.32 Å². The van der Waals surface area contributed by atoms with Gasteiger partial charge < -0.3 is 10.1 Å². The molecule has 2 rings (SSSR count). The molecule has 0 aliphatic heterocycles. The van der Waals surface area contributed by atoms with Gasteiger partial charge in [0.25, 0.3) is 5.91 Å². The van der Waals surface area contributed by atoms with Crippen molar-refractivity contribution in [2.45, 2.75) is 0 Å². The van der Waals surface area contributed by atoms with Crippen LogP contribution in [0.2, 0.25) is 0 Å². The van der Waals surface area contributed by atoms with E-state index < -0.39 is 11.9 Å². The minimum Gasteiger partial charge on any atom is -0.452 e. The molecule has 22 heavy (non-hydrogen) atoms. The molecule has 2 aromatic rings. The molecule has 0 radical (unpaired) electrons. The number of anilines is 1. The Balaban J connectivity index is 1.86. The van der Waals surface area contributed by atoms with E-state index >= 15 is 0 Å². The lowest BCUT2D eigenvalue weighted by Gasteiger charge is -2.06. The highest BCUT2D eigenvalue weighted by Crippen LogP contribution is 2.11. The van der Waals surface area contributed by atoms with Gasteiger partial charge in [-0.1, -0.05) is 0 Å². The van der Waals surface area contributed by atoms with Gasteiger partial charge in [-0.15, -0.1) is 0 Å². The van der Waals surface area contributed by atoms with Gasteiger partial charge >= 0.3 is 5.97 Å². The van der Waals surface area contributed by atoms with Gasteiger partial charge in [0, 0.05) is 9.26 Å². The van der Waals surface area contributed by atoms with Crippen molar-refractivity contribution in [1.82, 2.24) is 0 Å². The van der Waals surface area contributed by atoms with Gasteiger partial charge in [-0.3, -0.25) is 4.79 Å². The Bertz CT molecular complexity index is 719. The van der Waals surface area contributed by atoms with Crippen LogP contribution in [0.15, 0.2) is 48.5 Å². The second-order valence-electron chi connectivity index (χ2n) is 4.32. The van der Waals surface area contributed by atoms with Crippen LogP contribution in [0.5, 0.6) is 0 Å². The van der Waals surface area contributed by atoms with E-state index in [-0.39, 0.29) is 6.61 Å². The standard InChI is InChI=1S/C16H11IN2O3/c17-13-5-7-14(8-6-13)19-15(20)10-22-16(21)12-3-1-11(9-18)2-4-12/h1-8H,10H2,(H,19,20). The van der Waals surface area contributed by atoms with E-state index in [1.54, 1.807) is 12.1 Å². The van der Waals surface area contributed by atoms with Crippen LogP contribution in [0.4, 0.5) is 5.69 Å². The predicted molar refractivity (Wildman–Crippen MR) is 89.2 cm³/mol. The Morgan fingerprint density at radius 2 is 1.73 bits per heavy atom. The van der Waals surface area contributed by atoms with Gasteiger partial charge in [-0.05, 0) is 71.1 Å². The van der Waals surface area contributed by atoms with Gasteiger partial charge in [0.2, 0.25) is 0 Å². The van der Waals surface area contributed by atoms with E-state index in [1.807, 2.05) is 18.2 Å². The fourth-order valence-electron chi connectivity index (χ4n) is 1.63. The molecule has 1 N–H and O–H groups in total. The number of esters is 1. The first-order valence-corrected chi connectivity index (χ1v) is 7.39. The van der Waals surface area contributed by atoms with Crippen LogP contribution in [-0.2, 0) is 9.53 Å². The molecule has 110 valence electrons. The van der Waals surface area contributed by atoms with Gasteiger partial charge in [0.1, 0.15) is 0 Å². The Morgan fingerprint density at radius 3 is 2.32 bits per heavy atom. The van der Waals surface area contributed by atoms with Crippen molar-refractivity contribution in [3.8, 4) is 6.07 Å². The van der Waals surface area contributed by atoms with Crippen molar-refractivity contribution >= 4 is 40.2 Å². The predicted octanol–water partition coefficient (Wildman–Crippen LogP) is 2.96. The number of hydrogen-bond donors (Lipinski definition) is 1. The van der Waals surface area contributed by atoms with Crippen LogP contribution in [0.1, 0.15) is 15.9 Å². The summed E-state index contributed by atoms with van der Waals surface area (Å²) in [7, 11) is 0. The smallest absolute Gasteiger partial charge is 0.338 e. The van der Waals surface area contributed by atoms with Gasteiger partial charge in [0.15, 0.2) is 6.61 Å². The first kappa shape index (κ1) is 16.0. The highest BCUT2D eigenvalue weighted by Gasteiger charge is 2.10. The van der Waals surface area contributed by atoms with Crippen LogP contribution in [0, 0.1) is 14.9 Å². The molecule has 0 unspecified atom stereocenters. The molecule has 6 heteroatoms. The summed E-state index contributed by atoms with van der Waals surface area (Å²) in [6.45, 7) is -0.370. The Kier molecular flexibility index (Phi) is 5.49. The van der Waals surface area contributed by atoms with Crippen molar-refractivity contribution < 1.29 is 14.3 Å². The Labute approximate surface area is 141 Å². The summed E-state index contributed by atoms with van der Waals surface area (Å²) < 4.78 is 5.98. The third-order valence-electron chi connectivity index (χ3n) is 2.71. The van der Waals surface area contributed by atoms with Crippen molar-refractivity contribution in [2.24, 2.45) is 0 Å². The Hall–Kier alpha value is -2.40. The number of hydrogen-bond acceptors (Lipinski definition) is 4. The highest BCUT2D eigenvalue weighted by atomic mass is 127. The summed E-state index contributed by atoms with van der Waals surface area (Å²) >= 11 is 2.16. The molecule has 0 saturated heterocycles. The molecule has 0 aliphatic carbocycles. The second kappa shape index (κ2) is 7.56.